The van der Waals surface area contributed by atoms with E-state index in [1.54, 1.807) is 43.5 Å². The van der Waals surface area contributed by atoms with Crippen molar-refractivity contribution < 1.29 is 43.6 Å². The van der Waals surface area contributed by atoms with E-state index in [2.05, 4.69) is 0 Å². The van der Waals surface area contributed by atoms with Crippen LogP contribution in [0.2, 0.25) is 0 Å². The second kappa shape index (κ2) is 9.05. The van der Waals surface area contributed by atoms with Gasteiger partial charge in [0.2, 0.25) is 0 Å². The molecule has 1 N–H and O–H groups in total. The molecule has 0 radical (unpaired) electrons. The van der Waals surface area contributed by atoms with Crippen LogP contribution in [0.1, 0.15) is 10.4 Å². The van der Waals surface area contributed by atoms with Gasteiger partial charge in [-0.2, -0.15) is 0 Å². The minimum Gasteiger partial charge on any atom is -0.507 e. The summed E-state index contributed by atoms with van der Waals surface area (Å²) in [6.45, 7) is 0.324. The zero-order valence-corrected chi connectivity index (χ0v) is 15.3. The molecule has 0 aliphatic carbocycles. The molecule has 2 rings (SSSR count). The number of phenolic OH excluding ortho intramolecular Hbond substituents is 1. The number of phenols is 1. The average molecular weight is 354 g/mol. The van der Waals surface area contributed by atoms with E-state index in [-0.39, 0.29) is 44.0 Å². The van der Waals surface area contributed by atoms with E-state index in [9.17, 15) is 9.90 Å². The Morgan fingerprint density at radius 2 is 1.64 bits per heavy atom. The minimum absolute atomic E-state index is 0. The van der Waals surface area contributed by atoms with E-state index >= 15 is 0 Å². The number of hydrogen-bond donors (Lipinski definition) is 1. The Morgan fingerprint density at radius 3 is 2.27 bits per heavy atom. The van der Waals surface area contributed by atoms with Crippen molar-refractivity contribution in [2.75, 3.05) is 20.3 Å². The third-order valence-electron chi connectivity index (χ3n) is 2.77. The number of methoxy groups -OCH3 is 1. The standard InChI is InChI=1S/C16H16O5.Zn/c1-19-12-6-8-13(9-7-12)20-10-11-21-16(18)14-4-2-3-5-15(14)17;/h2-9,17H,10-11H2,1H3;. The zero-order valence-electron chi connectivity index (χ0n) is 12.3. The summed E-state index contributed by atoms with van der Waals surface area (Å²) in [6, 6.07) is 13.3. The Balaban J connectivity index is 0.00000242. The van der Waals surface area contributed by atoms with Crippen molar-refractivity contribution in [1.29, 1.82) is 0 Å². The van der Waals surface area contributed by atoms with Gasteiger partial charge < -0.3 is 19.3 Å². The molecule has 5 nitrogen and oxygen atoms in total. The smallest absolute Gasteiger partial charge is 0.342 e. The molecule has 2 aromatic rings. The molecular weight excluding hydrogens is 338 g/mol. The number of rotatable bonds is 6. The summed E-state index contributed by atoms with van der Waals surface area (Å²) in [6.07, 6.45) is 0. The number of benzene rings is 2. The Kier molecular flexibility index (Phi) is 7.40. The van der Waals surface area contributed by atoms with E-state index in [0.29, 0.717) is 5.75 Å². The van der Waals surface area contributed by atoms with Crippen molar-refractivity contribution in [2.45, 2.75) is 0 Å². The monoisotopic (exact) mass is 352 g/mol. The summed E-state index contributed by atoms with van der Waals surface area (Å²) in [5.41, 5.74) is 0.141. The fourth-order valence-electron chi connectivity index (χ4n) is 1.69. The molecule has 2 aromatic carbocycles. The van der Waals surface area contributed by atoms with Crippen LogP contribution in [0.4, 0.5) is 0 Å². The van der Waals surface area contributed by atoms with E-state index in [1.807, 2.05) is 0 Å². The maximum Gasteiger partial charge on any atom is 0.342 e. The number of carbonyl (C=O) groups is 1. The molecule has 0 aliphatic heterocycles. The van der Waals surface area contributed by atoms with Crippen molar-refractivity contribution in [1.82, 2.24) is 0 Å². The topological polar surface area (TPSA) is 65.0 Å². The first-order valence-corrected chi connectivity index (χ1v) is 6.42. The predicted octanol–water partition coefficient (Wildman–Crippen LogP) is 2.63. The molecule has 0 bridgehead atoms. The van der Waals surface area contributed by atoms with Gasteiger partial charge >= 0.3 is 5.97 Å². The number of para-hydroxylation sites is 1. The van der Waals surface area contributed by atoms with Gasteiger partial charge in [-0.15, -0.1) is 0 Å². The van der Waals surface area contributed by atoms with Gasteiger partial charge in [-0.05, 0) is 36.4 Å². The largest absolute Gasteiger partial charge is 0.507 e. The Morgan fingerprint density at radius 1 is 1.00 bits per heavy atom. The molecule has 0 unspecified atom stereocenters. The molecule has 0 aliphatic rings. The first-order valence-electron chi connectivity index (χ1n) is 6.42. The Hall–Kier alpha value is -2.07. The first kappa shape index (κ1) is 18.0. The fraction of sp³-hybridized carbons (Fsp3) is 0.188. The third-order valence-corrected chi connectivity index (χ3v) is 2.77. The van der Waals surface area contributed by atoms with Crippen LogP contribution in [0.5, 0.6) is 17.2 Å². The van der Waals surface area contributed by atoms with Crippen LogP contribution in [-0.2, 0) is 24.2 Å². The van der Waals surface area contributed by atoms with E-state index in [4.69, 9.17) is 14.2 Å². The van der Waals surface area contributed by atoms with Crippen LogP contribution in [0.15, 0.2) is 48.5 Å². The number of esters is 1. The summed E-state index contributed by atoms with van der Waals surface area (Å²) in [5, 5.41) is 9.52. The maximum absolute atomic E-state index is 11.7. The fourth-order valence-corrected chi connectivity index (χ4v) is 1.69. The predicted molar refractivity (Wildman–Crippen MR) is 76.9 cm³/mol. The molecule has 0 aromatic heterocycles. The molecule has 22 heavy (non-hydrogen) atoms. The minimum atomic E-state index is -0.577. The summed E-state index contributed by atoms with van der Waals surface area (Å²) in [7, 11) is 1.59. The molecule has 0 saturated heterocycles. The number of ether oxygens (including phenoxy) is 3. The number of hydrogen-bond acceptors (Lipinski definition) is 5. The number of carbonyl (C=O) groups excluding carboxylic acids is 1. The molecule has 112 valence electrons. The normalized spacial score (nSPS) is 9.50. The van der Waals surface area contributed by atoms with Crippen LogP contribution in [0.25, 0.3) is 0 Å². The van der Waals surface area contributed by atoms with E-state index in [1.165, 1.54) is 12.1 Å². The molecule has 6 heteroatoms. The molecule has 0 fully saturated rings. The summed E-state index contributed by atoms with van der Waals surface area (Å²) in [4.78, 5) is 11.7. The molecular formula is C16H16O5Zn. The molecule has 0 spiro atoms. The van der Waals surface area contributed by atoms with Crippen LogP contribution in [0.3, 0.4) is 0 Å². The first-order chi connectivity index (χ1) is 10.2. The van der Waals surface area contributed by atoms with E-state index in [0.717, 1.165) is 5.75 Å². The van der Waals surface area contributed by atoms with Gasteiger partial charge in [0.15, 0.2) is 0 Å². The third kappa shape index (κ3) is 5.04. The van der Waals surface area contributed by atoms with Crippen molar-refractivity contribution in [3.05, 3.63) is 54.1 Å². The van der Waals surface area contributed by atoms with Crippen LogP contribution >= 0.6 is 0 Å². The SMILES string of the molecule is COc1ccc(OCCOC(=O)c2ccccc2O)cc1.[Zn]. The van der Waals surface area contributed by atoms with Gasteiger partial charge in [-0.1, -0.05) is 12.1 Å². The van der Waals surface area contributed by atoms with Gasteiger partial charge in [-0.25, -0.2) is 4.79 Å². The van der Waals surface area contributed by atoms with Crippen molar-refractivity contribution in [2.24, 2.45) is 0 Å². The van der Waals surface area contributed by atoms with Crippen molar-refractivity contribution in [3.63, 3.8) is 0 Å². The molecule has 0 saturated carbocycles. The van der Waals surface area contributed by atoms with Gasteiger partial charge in [-0.3, -0.25) is 0 Å². The second-order valence-corrected chi connectivity index (χ2v) is 4.18. The quantitative estimate of drug-likeness (QED) is 0.491. The van der Waals surface area contributed by atoms with E-state index < -0.39 is 5.97 Å². The van der Waals surface area contributed by atoms with Crippen LogP contribution in [-0.4, -0.2) is 31.4 Å². The van der Waals surface area contributed by atoms with Crippen molar-refractivity contribution in [3.8, 4) is 17.2 Å². The summed E-state index contributed by atoms with van der Waals surface area (Å²) < 4.78 is 15.5. The van der Waals surface area contributed by atoms with Crippen LogP contribution < -0.4 is 9.47 Å². The van der Waals surface area contributed by atoms with Gasteiger partial charge in [0.25, 0.3) is 0 Å². The molecule has 0 heterocycles. The van der Waals surface area contributed by atoms with Crippen LogP contribution in [0, 0.1) is 0 Å². The van der Waals surface area contributed by atoms with Gasteiger partial charge in [0, 0.05) is 19.5 Å². The summed E-state index contributed by atoms with van der Waals surface area (Å²) >= 11 is 0. The molecule has 0 atom stereocenters. The van der Waals surface area contributed by atoms with Gasteiger partial charge in [0.05, 0.1) is 7.11 Å². The second-order valence-electron chi connectivity index (χ2n) is 4.18. The Labute approximate surface area is 141 Å². The molecule has 0 amide bonds. The maximum atomic E-state index is 11.7. The van der Waals surface area contributed by atoms with Gasteiger partial charge in [0.1, 0.15) is 36.0 Å². The average Bonchev–Trinajstić information content (AvgIpc) is 2.52. The van der Waals surface area contributed by atoms with Crippen molar-refractivity contribution >= 4 is 5.97 Å². The Bertz CT molecular complexity index is 598. The number of aromatic hydroxyl groups is 1. The zero-order chi connectivity index (χ0) is 15.1. The summed E-state index contributed by atoms with van der Waals surface area (Å²) in [5.74, 6) is 0.729.